The van der Waals surface area contributed by atoms with Crippen molar-refractivity contribution in [3.8, 4) is 6.07 Å². The van der Waals surface area contributed by atoms with Crippen LogP contribution in [0.25, 0.3) is 0 Å². The predicted octanol–water partition coefficient (Wildman–Crippen LogP) is 3.17. The van der Waals surface area contributed by atoms with Crippen LogP contribution in [-0.4, -0.2) is 23.9 Å². The molecule has 19 heavy (non-hydrogen) atoms. The molecule has 0 aromatic carbocycles. The van der Waals surface area contributed by atoms with Crippen molar-refractivity contribution in [2.75, 3.05) is 13.2 Å². The Morgan fingerprint density at radius 1 is 0.842 bits per heavy atom. The molecule has 2 aliphatic carbocycles. The molecule has 0 atom stereocenters. The molecule has 3 heteroatoms. The first-order valence-corrected chi connectivity index (χ1v) is 7.85. The topological polar surface area (TPSA) is 53.2 Å². The summed E-state index contributed by atoms with van der Waals surface area (Å²) in [4.78, 5) is 0. The first-order valence-electron chi connectivity index (χ1n) is 7.85. The molecule has 0 radical (unpaired) electrons. The highest BCUT2D eigenvalue weighted by Crippen LogP contribution is 2.56. The Balaban J connectivity index is 1.75. The highest BCUT2D eigenvalue weighted by molar-refractivity contribution is 5.14. The molecule has 1 aliphatic heterocycles. The number of hydrogen-bond donors (Lipinski definition) is 1. The minimum absolute atomic E-state index is 0.508. The van der Waals surface area contributed by atoms with E-state index in [-0.39, 0.29) is 0 Å². The molecule has 2 saturated carbocycles. The summed E-state index contributed by atoms with van der Waals surface area (Å²) in [5.41, 5.74) is -0.807. The Kier molecular flexibility index (Phi) is 3.35. The summed E-state index contributed by atoms with van der Waals surface area (Å²) in [5, 5.41) is 20.8. The Hall–Kier alpha value is -0.590. The van der Waals surface area contributed by atoms with Gasteiger partial charge in [0.25, 0.3) is 0 Å². The SMILES string of the molecule is N#CC1(C2(O)CCC3(CCCC3)CC2)CCOCC1. The minimum Gasteiger partial charge on any atom is -0.388 e. The van der Waals surface area contributed by atoms with Crippen molar-refractivity contribution in [3.05, 3.63) is 0 Å². The van der Waals surface area contributed by atoms with Gasteiger partial charge in [-0.1, -0.05) is 12.8 Å². The van der Waals surface area contributed by atoms with Crippen LogP contribution < -0.4 is 0 Å². The van der Waals surface area contributed by atoms with Gasteiger partial charge in [0, 0.05) is 13.2 Å². The molecule has 0 amide bonds. The van der Waals surface area contributed by atoms with Gasteiger partial charge in [-0.2, -0.15) is 5.26 Å². The molecular formula is C16H25NO2. The van der Waals surface area contributed by atoms with E-state index in [1.54, 1.807) is 0 Å². The molecule has 3 nitrogen and oxygen atoms in total. The number of rotatable bonds is 1. The zero-order valence-corrected chi connectivity index (χ0v) is 11.8. The van der Waals surface area contributed by atoms with Gasteiger partial charge in [-0.05, 0) is 56.8 Å². The lowest BCUT2D eigenvalue weighted by Crippen LogP contribution is -2.53. The Bertz CT molecular complexity index is 363. The maximum absolute atomic E-state index is 11.1. The zero-order chi connectivity index (χ0) is 13.4. The van der Waals surface area contributed by atoms with Gasteiger partial charge in [0.1, 0.15) is 0 Å². The van der Waals surface area contributed by atoms with E-state index in [1.165, 1.54) is 25.7 Å². The first-order chi connectivity index (χ1) is 9.14. The third-order valence-corrected chi connectivity index (χ3v) is 6.25. The minimum atomic E-state index is -0.765. The van der Waals surface area contributed by atoms with Crippen molar-refractivity contribution in [3.63, 3.8) is 0 Å². The van der Waals surface area contributed by atoms with Gasteiger partial charge < -0.3 is 9.84 Å². The number of hydrogen-bond acceptors (Lipinski definition) is 3. The number of nitrogens with zero attached hydrogens (tertiary/aromatic N) is 1. The largest absolute Gasteiger partial charge is 0.388 e. The van der Waals surface area contributed by atoms with Crippen molar-refractivity contribution in [2.45, 2.75) is 69.8 Å². The average Bonchev–Trinajstić information content (AvgIpc) is 2.92. The van der Waals surface area contributed by atoms with E-state index in [1.807, 2.05) is 0 Å². The quantitative estimate of drug-likeness (QED) is 0.790. The Morgan fingerprint density at radius 3 is 1.95 bits per heavy atom. The maximum Gasteiger partial charge on any atom is 0.0903 e. The molecule has 1 heterocycles. The van der Waals surface area contributed by atoms with Crippen molar-refractivity contribution >= 4 is 0 Å². The smallest absolute Gasteiger partial charge is 0.0903 e. The van der Waals surface area contributed by atoms with Gasteiger partial charge in [0.15, 0.2) is 0 Å². The summed E-state index contributed by atoms with van der Waals surface area (Å²) in [6.07, 6.45) is 10.7. The molecule has 1 N–H and O–H groups in total. The van der Waals surface area contributed by atoms with Crippen LogP contribution in [0.5, 0.6) is 0 Å². The molecule has 0 bridgehead atoms. The lowest BCUT2D eigenvalue weighted by molar-refractivity contribution is -0.137. The molecule has 3 rings (SSSR count). The molecule has 1 saturated heterocycles. The maximum atomic E-state index is 11.1. The number of ether oxygens (including phenoxy) is 1. The van der Waals surface area contributed by atoms with Gasteiger partial charge in [-0.25, -0.2) is 0 Å². The molecule has 3 fully saturated rings. The molecule has 0 unspecified atom stereocenters. The molecule has 1 spiro atoms. The predicted molar refractivity (Wildman–Crippen MR) is 72.4 cm³/mol. The third-order valence-electron chi connectivity index (χ3n) is 6.25. The van der Waals surface area contributed by atoms with Crippen LogP contribution in [0.1, 0.15) is 64.2 Å². The summed E-state index contributed by atoms with van der Waals surface area (Å²) in [6.45, 7) is 1.25. The summed E-state index contributed by atoms with van der Waals surface area (Å²) >= 11 is 0. The molecule has 106 valence electrons. The van der Waals surface area contributed by atoms with Crippen LogP contribution in [-0.2, 0) is 4.74 Å². The Labute approximate surface area is 115 Å². The second-order valence-corrected chi connectivity index (χ2v) is 7.04. The summed E-state index contributed by atoms with van der Waals surface area (Å²) in [5.74, 6) is 0. The second kappa shape index (κ2) is 4.75. The van der Waals surface area contributed by atoms with Crippen LogP contribution in [0.2, 0.25) is 0 Å². The van der Waals surface area contributed by atoms with Crippen LogP contribution >= 0.6 is 0 Å². The molecule has 3 aliphatic rings. The van der Waals surface area contributed by atoms with Crippen molar-refractivity contribution < 1.29 is 9.84 Å². The van der Waals surface area contributed by atoms with E-state index < -0.39 is 11.0 Å². The molecular weight excluding hydrogens is 238 g/mol. The second-order valence-electron chi connectivity index (χ2n) is 7.04. The standard InChI is InChI=1S/C16H25NO2/c17-13-15(9-11-19-12-10-15)16(18)7-5-14(6-8-16)3-1-2-4-14/h18H,1-12H2. The van der Waals surface area contributed by atoms with Crippen molar-refractivity contribution in [2.24, 2.45) is 10.8 Å². The molecule has 0 aromatic heterocycles. The molecule has 0 aromatic rings. The summed E-state index contributed by atoms with van der Waals surface area (Å²) in [6, 6.07) is 2.48. The Morgan fingerprint density at radius 2 is 1.42 bits per heavy atom. The average molecular weight is 263 g/mol. The van der Waals surface area contributed by atoms with Gasteiger partial charge in [0.05, 0.1) is 17.1 Å². The lowest BCUT2D eigenvalue weighted by Gasteiger charge is -2.50. The van der Waals surface area contributed by atoms with Gasteiger partial charge in [-0.15, -0.1) is 0 Å². The zero-order valence-electron chi connectivity index (χ0n) is 11.8. The van der Waals surface area contributed by atoms with Crippen LogP contribution in [0.15, 0.2) is 0 Å². The van der Waals surface area contributed by atoms with E-state index in [9.17, 15) is 10.4 Å². The van der Waals surface area contributed by atoms with Gasteiger partial charge >= 0.3 is 0 Å². The van der Waals surface area contributed by atoms with E-state index >= 15 is 0 Å². The van der Waals surface area contributed by atoms with E-state index in [2.05, 4.69) is 6.07 Å². The summed E-state index contributed by atoms with van der Waals surface area (Å²) in [7, 11) is 0. The van der Waals surface area contributed by atoms with Gasteiger partial charge in [0.2, 0.25) is 0 Å². The van der Waals surface area contributed by atoms with Crippen molar-refractivity contribution in [1.29, 1.82) is 5.26 Å². The van der Waals surface area contributed by atoms with Crippen LogP contribution in [0.4, 0.5) is 0 Å². The summed E-state index contributed by atoms with van der Waals surface area (Å²) < 4.78 is 5.39. The van der Waals surface area contributed by atoms with Crippen molar-refractivity contribution in [1.82, 2.24) is 0 Å². The van der Waals surface area contributed by atoms with Crippen LogP contribution in [0.3, 0.4) is 0 Å². The lowest BCUT2D eigenvalue weighted by atomic mass is 9.57. The normalized spacial score (nSPS) is 32.0. The first kappa shape index (κ1) is 13.4. The highest BCUT2D eigenvalue weighted by atomic mass is 16.5. The van der Waals surface area contributed by atoms with Gasteiger partial charge in [-0.3, -0.25) is 0 Å². The highest BCUT2D eigenvalue weighted by Gasteiger charge is 2.55. The number of aliphatic hydroxyl groups is 1. The number of nitriles is 1. The fourth-order valence-electron chi connectivity index (χ4n) is 4.70. The third kappa shape index (κ3) is 2.10. The van der Waals surface area contributed by atoms with Crippen LogP contribution in [0, 0.1) is 22.2 Å². The monoisotopic (exact) mass is 263 g/mol. The van der Waals surface area contributed by atoms with E-state index in [0.29, 0.717) is 31.5 Å². The fraction of sp³-hybridized carbons (Fsp3) is 0.938. The van der Waals surface area contributed by atoms with E-state index in [0.717, 1.165) is 25.7 Å². The van der Waals surface area contributed by atoms with E-state index in [4.69, 9.17) is 4.74 Å². The fourth-order valence-corrected chi connectivity index (χ4v) is 4.70.